The molecule has 5 nitrogen and oxygen atoms in total. The quantitative estimate of drug-likeness (QED) is 0.367. The summed E-state index contributed by atoms with van der Waals surface area (Å²) in [6.07, 6.45) is 0. The average molecular weight is 395 g/mol. The van der Waals surface area contributed by atoms with Crippen LogP contribution in [0.2, 0.25) is 10.0 Å². The molecule has 0 aliphatic carbocycles. The summed E-state index contributed by atoms with van der Waals surface area (Å²) < 4.78 is 0. The minimum Gasteiger partial charge on any atom is -0.382 e. The van der Waals surface area contributed by atoms with E-state index >= 15 is 0 Å². The fourth-order valence-electron chi connectivity index (χ4n) is 2.56. The summed E-state index contributed by atoms with van der Waals surface area (Å²) >= 11 is 12.7. The van der Waals surface area contributed by atoms with Gasteiger partial charge in [-0.1, -0.05) is 35.3 Å². The summed E-state index contributed by atoms with van der Waals surface area (Å²) in [6, 6.07) is 10.6. The maximum Gasteiger partial charge on any atom is 0.197 e. The number of benzene rings is 2. The molecule has 0 bridgehead atoms. The van der Waals surface area contributed by atoms with E-state index in [1.54, 1.807) is 36.4 Å². The summed E-state index contributed by atoms with van der Waals surface area (Å²) in [4.78, 5) is 13.2. The summed E-state index contributed by atoms with van der Waals surface area (Å²) in [5, 5.41) is 13.6. The molecule has 0 spiro atoms. The second kappa shape index (κ2) is 10.4. The van der Waals surface area contributed by atoms with Crippen molar-refractivity contribution in [3.05, 3.63) is 57.6 Å². The number of carbonyl (C=O) groups excluding carboxylic acids is 1. The number of hydrogen-bond donors (Lipinski definition) is 4. The van der Waals surface area contributed by atoms with Gasteiger partial charge in [-0.3, -0.25) is 4.79 Å². The fourth-order valence-corrected chi connectivity index (χ4v) is 3.04. The van der Waals surface area contributed by atoms with E-state index in [-0.39, 0.29) is 5.78 Å². The minimum atomic E-state index is -0.131. The third-order valence-electron chi connectivity index (χ3n) is 3.87. The van der Waals surface area contributed by atoms with Crippen molar-refractivity contribution in [2.24, 2.45) is 0 Å². The number of nitrogens with one attached hydrogen (secondary N) is 4. The maximum atomic E-state index is 13.2. The van der Waals surface area contributed by atoms with E-state index in [0.717, 1.165) is 13.1 Å². The zero-order chi connectivity index (χ0) is 18.9. The van der Waals surface area contributed by atoms with Gasteiger partial charge in [-0.05, 0) is 38.4 Å². The van der Waals surface area contributed by atoms with Crippen LogP contribution >= 0.6 is 23.2 Å². The van der Waals surface area contributed by atoms with Gasteiger partial charge in [0.2, 0.25) is 0 Å². The highest BCUT2D eigenvalue weighted by molar-refractivity contribution is 6.36. The molecule has 7 heteroatoms. The molecule has 0 aliphatic rings. The van der Waals surface area contributed by atoms with Crippen LogP contribution in [0.15, 0.2) is 36.4 Å². The van der Waals surface area contributed by atoms with Crippen molar-refractivity contribution in [3.63, 3.8) is 0 Å². The normalized spacial score (nSPS) is 10.6. The van der Waals surface area contributed by atoms with Crippen LogP contribution in [0.5, 0.6) is 0 Å². The molecule has 2 aromatic carbocycles. The zero-order valence-electron chi connectivity index (χ0n) is 15.0. The van der Waals surface area contributed by atoms with E-state index in [2.05, 4.69) is 21.3 Å². The molecule has 0 fully saturated rings. The monoisotopic (exact) mass is 394 g/mol. The van der Waals surface area contributed by atoms with Crippen LogP contribution in [0.3, 0.4) is 0 Å². The van der Waals surface area contributed by atoms with Gasteiger partial charge >= 0.3 is 0 Å². The Hall–Kier alpha value is -1.79. The number of halogens is 2. The second-order valence-electron chi connectivity index (χ2n) is 5.71. The Morgan fingerprint density at radius 2 is 1.19 bits per heavy atom. The second-order valence-corrected chi connectivity index (χ2v) is 6.53. The van der Waals surface area contributed by atoms with E-state index in [0.29, 0.717) is 45.6 Å². The Bertz CT molecular complexity index is 691. The topological polar surface area (TPSA) is 65.2 Å². The SMILES string of the molecule is CNCCNc1c(Cl)cccc1C(=O)c1cccc(Cl)c1NCCNC. The number of rotatable bonds is 10. The van der Waals surface area contributed by atoms with Gasteiger partial charge in [0.15, 0.2) is 5.78 Å². The first kappa shape index (κ1) is 20.5. The van der Waals surface area contributed by atoms with E-state index in [1.807, 2.05) is 14.1 Å². The Morgan fingerprint density at radius 3 is 1.58 bits per heavy atom. The zero-order valence-corrected chi connectivity index (χ0v) is 16.5. The maximum absolute atomic E-state index is 13.2. The first-order chi connectivity index (χ1) is 12.6. The van der Waals surface area contributed by atoms with Crippen molar-refractivity contribution in [1.29, 1.82) is 0 Å². The molecule has 0 saturated heterocycles. The lowest BCUT2D eigenvalue weighted by atomic mass is 9.99. The van der Waals surface area contributed by atoms with Gasteiger partial charge in [0.1, 0.15) is 0 Å². The highest BCUT2D eigenvalue weighted by Crippen LogP contribution is 2.32. The Morgan fingerprint density at radius 1 is 0.769 bits per heavy atom. The molecule has 4 N–H and O–H groups in total. The van der Waals surface area contributed by atoms with E-state index in [4.69, 9.17) is 23.2 Å². The lowest BCUT2D eigenvalue weighted by Crippen LogP contribution is -2.20. The summed E-state index contributed by atoms with van der Waals surface area (Å²) in [6.45, 7) is 2.83. The summed E-state index contributed by atoms with van der Waals surface area (Å²) in [5.41, 5.74) is 2.31. The van der Waals surface area contributed by atoms with Crippen molar-refractivity contribution >= 4 is 40.4 Å². The standard InChI is InChI=1S/C19H24Cl2N4O/c1-22-9-11-24-17-13(5-3-7-15(17)20)19(26)14-6-4-8-16(21)18(14)25-12-10-23-2/h3-8,22-25H,9-12H2,1-2H3. The molecule has 26 heavy (non-hydrogen) atoms. The first-order valence-corrected chi connectivity index (χ1v) is 9.24. The lowest BCUT2D eigenvalue weighted by Gasteiger charge is -2.16. The molecule has 0 unspecified atom stereocenters. The van der Waals surface area contributed by atoms with Crippen LogP contribution in [-0.4, -0.2) is 46.1 Å². The predicted octanol–water partition coefficient (Wildman–Crippen LogP) is 3.49. The molecule has 0 saturated carbocycles. The van der Waals surface area contributed by atoms with Crippen molar-refractivity contribution in [3.8, 4) is 0 Å². The number of carbonyl (C=O) groups is 1. The van der Waals surface area contributed by atoms with Crippen LogP contribution in [0, 0.1) is 0 Å². The number of likely N-dealkylation sites (N-methyl/N-ethyl adjacent to an activating group) is 2. The van der Waals surface area contributed by atoms with Gasteiger partial charge in [0.25, 0.3) is 0 Å². The fraction of sp³-hybridized carbons (Fsp3) is 0.316. The molecule has 140 valence electrons. The number of hydrogen-bond acceptors (Lipinski definition) is 5. The van der Waals surface area contributed by atoms with Crippen molar-refractivity contribution in [2.45, 2.75) is 0 Å². The molecule has 0 atom stereocenters. The third-order valence-corrected chi connectivity index (χ3v) is 4.50. The summed E-state index contributed by atoms with van der Waals surface area (Å²) in [5.74, 6) is -0.131. The molecular formula is C19H24Cl2N4O. The largest absolute Gasteiger partial charge is 0.382 e. The highest BCUT2D eigenvalue weighted by atomic mass is 35.5. The molecule has 2 aromatic rings. The van der Waals surface area contributed by atoms with E-state index in [1.165, 1.54) is 0 Å². The first-order valence-electron chi connectivity index (χ1n) is 8.48. The van der Waals surface area contributed by atoms with E-state index < -0.39 is 0 Å². The van der Waals surface area contributed by atoms with Gasteiger partial charge in [0.05, 0.1) is 21.4 Å². The van der Waals surface area contributed by atoms with Crippen LogP contribution in [0.4, 0.5) is 11.4 Å². The molecule has 0 aromatic heterocycles. The Balaban J connectivity index is 2.37. The lowest BCUT2D eigenvalue weighted by molar-refractivity contribution is 0.104. The van der Waals surface area contributed by atoms with Crippen molar-refractivity contribution in [1.82, 2.24) is 10.6 Å². The summed E-state index contributed by atoms with van der Waals surface area (Å²) in [7, 11) is 3.74. The molecule has 2 rings (SSSR count). The van der Waals surface area contributed by atoms with Gasteiger partial charge in [-0.2, -0.15) is 0 Å². The molecule has 0 heterocycles. The number of ketones is 1. The third kappa shape index (κ3) is 5.11. The highest BCUT2D eigenvalue weighted by Gasteiger charge is 2.20. The van der Waals surface area contributed by atoms with E-state index in [9.17, 15) is 4.79 Å². The van der Waals surface area contributed by atoms with Gasteiger partial charge < -0.3 is 21.3 Å². The van der Waals surface area contributed by atoms with Crippen LogP contribution < -0.4 is 21.3 Å². The van der Waals surface area contributed by atoms with Gasteiger partial charge in [0, 0.05) is 37.3 Å². The van der Waals surface area contributed by atoms with Gasteiger partial charge in [-0.25, -0.2) is 0 Å². The van der Waals surface area contributed by atoms with Crippen molar-refractivity contribution in [2.75, 3.05) is 50.9 Å². The smallest absolute Gasteiger partial charge is 0.197 e. The van der Waals surface area contributed by atoms with Gasteiger partial charge in [-0.15, -0.1) is 0 Å². The number of anilines is 2. The molecule has 0 radical (unpaired) electrons. The Kier molecular flexibility index (Phi) is 8.19. The predicted molar refractivity (Wildman–Crippen MR) is 111 cm³/mol. The number of para-hydroxylation sites is 2. The Labute approximate surface area is 164 Å². The molecule has 0 aliphatic heterocycles. The van der Waals surface area contributed by atoms with Crippen LogP contribution in [0.1, 0.15) is 15.9 Å². The molecular weight excluding hydrogens is 371 g/mol. The van der Waals surface area contributed by atoms with Crippen molar-refractivity contribution < 1.29 is 4.79 Å². The minimum absolute atomic E-state index is 0.131. The van der Waals surface area contributed by atoms with Crippen LogP contribution in [0.25, 0.3) is 0 Å². The average Bonchev–Trinajstić information content (AvgIpc) is 2.64. The van der Waals surface area contributed by atoms with Crippen LogP contribution in [-0.2, 0) is 0 Å². The molecule has 0 amide bonds.